The van der Waals surface area contributed by atoms with E-state index in [0.29, 0.717) is 25.8 Å². The Labute approximate surface area is 187 Å². The molecule has 14 heteroatoms. The number of unbranched alkanes of at least 4 members (excludes halogenated alkanes) is 2. The van der Waals surface area contributed by atoms with Crippen molar-refractivity contribution in [3.63, 3.8) is 0 Å². The van der Waals surface area contributed by atoms with E-state index in [1.54, 1.807) is 40.1 Å². The number of carbonyl (C=O) groups is 3. The molecular formula is C19H26F3N7O4. The van der Waals surface area contributed by atoms with Crippen LogP contribution in [0.1, 0.15) is 49.0 Å². The summed E-state index contributed by atoms with van der Waals surface area (Å²) in [6, 6.07) is -0.886. The van der Waals surface area contributed by atoms with Crippen molar-refractivity contribution >= 4 is 23.7 Å². The lowest BCUT2D eigenvalue weighted by Crippen LogP contribution is -2.44. The molecule has 2 aliphatic heterocycles. The molecule has 2 aliphatic rings. The Kier molecular flexibility index (Phi) is 7.12. The minimum Gasteiger partial charge on any atom is -0.348 e. The fourth-order valence-electron chi connectivity index (χ4n) is 3.98. The molecule has 0 saturated carbocycles. The van der Waals surface area contributed by atoms with Crippen molar-refractivity contribution in [2.24, 2.45) is 12.0 Å². The van der Waals surface area contributed by atoms with Gasteiger partial charge in [0, 0.05) is 46.2 Å². The molecule has 2 N–H and O–H groups in total. The van der Waals surface area contributed by atoms with Crippen LogP contribution in [0, 0.1) is 0 Å². The second-order valence-electron chi connectivity index (χ2n) is 7.82. The van der Waals surface area contributed by atoms with E-state index >= 15 is 0 Å². The average molecular weight is 473 g/mol. The number of fused-ring (bicyclic) bond motifs is 4. The number of halogens is 3. The Balaban J connectivity index is 1.49. The van der Waals surface area contributed by atoms with Gasteiger partial charge in [0.1, 0.15) is 6.04 Å². The van der Waals surface area contributed by atoms with Crippen LogP contribution in [0.15, 0.2) is 11.2 Å². The van der Waals surface area contributed by atoms with Gasteiger partial charge in [0.15, 0.2) is 5.84 Å². The molecule has 182 valence electrons. The Bertz CT molecular complexity index is 946. The van der Waals surface area contributed by atoms with E-state index < -0.39 is 24.1 Å². The predicted octanol–water partition coefficient (Wildman–Crippen LogP) is 1.20. The summed E-state index contributed by atoms with van der Waals surface area (Å²) in [5, 5.41) is 6.07. The number of nitrogens with zero attached hydrogens (tertiary/aromatic N) is 5. The van der Waals surface area contributed by atoms with Gasteiger partial charge in [0.2, 0.25) is 0 Å². The smallest absolute Gasteiger partial charge is 0.348 e. The van der Waals surface area contributed by atoms with Gasteiger partial charge in [-0.15, -0.1) is 0 Å². The second kappa shape index (κ2) is 9.67. The molecule has 3 heterocycles. The summed E-state index contributed by atoms with van der Waals surface area (Å²) in [5.41, 5.74) is 4.24. The number of nitrogens with one attached hydrogen (secondary N) is 2. The molecular weight excluding hydrogens is 447 g/mol. The molecule has 0 aliphatic carbocycles. The molecule has 1 aromatic heterocycles. The Morgan fingerprint density at radius 3 is 2.67 bits per heavy atom. The van der Waals surface area contributed by atoms with Crippen molar-refractivity contribution in [2.45, 2.75) is 43.9 Å². The summed E-state index contributed by atoms with van der Waals surface area (Å²) in [6.45, 7) is 0.324. The first kappa shape index (κ1) is 24.3. The number of carbonyl (C=O) groups excluding carboxylic acids is 3. The first-order chi connectivity index (χ1) is 15.6. The number of aromatic nitrogens is 2. The van der Waals surface area contributed by atoms with Gasteiger partial charge in [0.05, 0.1) is 17.9 Å². The highest BCUT2D eigenvalue weighted by atomic mass is 19.4. The first-order valence-electron chi connectivity index (χ1n) is 10.4. The largest absolute Gasteiger partial charge is 0.471 e. The van der Waals surface area contributed by atoms with Crippen molar-refractivity contribution < 1.29 is 32.4 Å². The molecule has 1 saturated heterocycles. The van der Waals surface area contributed by atoms with Crippen LogP contribution in [-0.2, 0) is 21.5 Å². The molecule has 3 rings (SSSR count). The highest BCUT2D eigenvalue weighted by Crippen LogP contribution is 2.42. The highest BCUT2D eigenvalue weighted by Gasteiger charge is 2.49. The lowest BCUT2D eigenvalue weighted by Gasteiger charge is -2.32. The third-order valence-electron chi connectivity index (χ3n) is 5.70. The zero-order chi connectivity index (χ0) is 24.3. The topological polar surface area (TPSA) is 121 Å². The molecule has 1 fully saturated rings. The van der Waals surface area contributed by atoms with Gasteiger partial charge in [-0.25, -0.2) is 15.1 Å². The number of amidine groups is 1. The van der Waals surface area contributed by atoms with Gasteiger partial charge in [-0.2, -0.15) is 18.3 Å². The SMILES string of the molecule is CN=C(NOC(=O)CCCCCNC(=O)C(F)(F)F)[C@@H]1c2c(cnn2C)[C@@H]2CN1C(=O)N2C. The van der Waals surface area contributed by atoms with E-state index in [1.165, 1.54) is 7.05 Å². The summed E-state index contributed by atoms with van der Waals surface area (Å²) in [4.78, 5) is 48.1. The van der Waals surface area contributed by atoms with E-state index in [9.17, 15) is 27.6 Å². The van der Waals surface area contributed by atoms with Crippen molar-refractivity contribution in [2.75, 3.05) is 27.2 Å². The zero-order valence-electron chi connectivity index (χ0n) is 18.5. The molecule has 2 atom stereocenters. The Morgan fingerprint density at radius 1 is 1.27 bits per heavy atom. The molecule has 0 aromatic carbocycles. The molecule has 2 bridgehead atoms. The molecule has 0 spiro atoms. The molecule has 11 nitrogen and oxygen atoms in total. The van der Waals surface area contributed by atoms with Crippen LogP contribution < -0.4 is 10.8 Å². The van der Waals surface area contributed by atoms with Crippen LogP contribution in [0.25, 0.3) is 0 Å². The third kappa shape index (κ3) is 5.03. The van der Waals surface area contributed by atoms with Gasteiger partial charge in [0.25, 0.3) is 0 Å². The first-order valence-corrected chi connectivity index (χ1v) is 10.4. The maximum Gasteiger partial charge on any atom is 0.471 e. The fraction of sp³-hybridized carbons (Fsp3) is 0.632. The molecule has 3 amide bonds. The quantitative estimate of drug-likeness (QED) is 0.266. The monoisotopic (exact) mass is 473 g/mol. The standard InChI is InChI=1S/C19H26F3N7O4/c1-23-16(26-33-13(30)7-5-4-6-8-24-17(31)19(20,21)22)15-14-11(9-25-28(14)3)12-10-29(15)18(32)27(12)2/h9,12,15H,4-8,10H2,1-3H3,(H,23,26)(H,24,31)/t12-,15-/m0/s1. The second-order valence-corrected chi connectivity index (χ2v) is 7.82. The number of urea groups is 1. The number of amides is 3. The van der Waals surface area contributed by atoms with Crippen LogP contribution in [0.5, 0.6) is 0 Å². The lowest BCUT2D eigenvalue weighted by atomic mass is 9.97. The van der Waals surface area contributed by atoms with Crippen LogP contribution in [-0.4, -0.2) is 76.7 Å². The number of rotatable bonds is 7. The summed E-state index contributed by atoms with van der Waals surface area (Å²) in [5.74, 6) is -2.30. The maximum absolute atomic E-state index is 12.7. The fourth-order valence-corrected chi connectivity index (χ4v) is 3.98. The van der Waals surface area contributed by atoms with Crippen molar-refractivity contribution in [3.8, 4) is 0 Å². The summed E-state index contributed by atoms with van der Waals surface area (Å²) >= 11 is 0. The van der Waals surface area contributed by atoms with E-state index in [1.807, 2.05) is 0 Å². The average Bonchev–Trinajstić information content (AvgIpc) is 3.26. The van der Waals surface area contributed by atoms with Gasteiger partial charge in [-0.3, -0.25) is 14.5 Å². The molecule has 1 aromatic rings. The van der Waals surface area contributed by atoms with Gasteiger partial charge in [-0.1, -0.05) is 6.42 Å². The van der Waals surface area contributed by atoms with E-state index in [4.69, 9.17) is 4.84 Å². The Morgan fingerprint density at radius 2 is 2.00 bits per heavy atom. The van der Waals surface area contributed by atoms with Crippen LogP contribution in [0.3, 0.4) is 0 Å². The number of aryl methyl sites for hydroxylation is 1. The van der Waals surface area contributed by atoms with Crippen LogP contribution in [0.4, 0.5) is 18.0 Å². The maximum atomic E-state index is 12.7. The minimum absolute atomic E-state index is 0.0201. The molecule has 0 radical (unpaired) electrons. The number of alkyl halides is 3. The van der Waals surface area contributed by atoms with Gasteiger partial charge in [-0.05, 0) is 12.8 Å². The number of likely N-dealkylation sites (N-methyl/N-ethyl adjacent to an activating group) is 1. The van der Waals surface area contributed by atoms with Gasteiger partial charge >= 0.3 is 24.1 Å². The highest BCUT2D eigenvalue weighted by molar-refractivity contribution is 5.94. The zero-order valence-corrected chi connectivity index (χ0v) is 18.5. The predicted molar refractivity (Wildman–Crippen MR) is 109 cm³/mol. The van der Waals surface area contributed by atoms with E-state index in [0.717, 1.165) is 11.3 Å². The van der Waals surface area contributed by atoms with Crippen molar-refractivity contribution in [1.82, 2.24) is 30.4 Å². The van der Waals surface area contributed by atoms with E-state index in [-0.39, 0.29) is 30.9 Å². The number of hydrogen-bond acceptors (Lipinski definition) is 6. The lowest BCUT2D eigenvalue weighted by molar-refractivity contribution is -0.173. The number of hydrogen-bond donors (Lipinski definition) is 2. The van der Waals surface area contributed by atoms with Crippen molar-refractivity contribution in [3.05, 3.63) is 17.5 Å². The van der Waals surface area contributed by atoms with Crippen molar-refractivity contribution in [1.29, 1.82) is 0 Å². The minimum atomic E-state index is -4.90. The summed E-state index contributed by atoms with van der Waals surface area (Å²) in [6.07, 6.45) is -2.07. The van der Waals surface area contributed by atoms with Crippen LogP contribution in [0.2, 0.25) is 0 Å². The van der Waals surface area contributed by atoms with E-state index in [2.05, 4.69) is 15.6 Å². The van der Waals surface area contributed by atoms with Gasteiger partial charge < -0.3 is 20.0 Å². The number of aliphatic imine (C=N–C) groups is 1. The summed E-state index contributed by atoms with van der Waals surface area (Å²) < 4.78 is 38.0. The third-order valence-corrected chi connectivity index (χ3v) is 5.70. The molecule has 33 heavy (non-hydrogen) atoms. The van der Waals surface area contributed by atoms with Crippen LogP contribution >= 0.6 is 0 Å². The Hall–Kier alpha value is -3.32. The number of hydroxylamine groups is 1. The normalized spacial score (nSPS) is 20.1. The summed E-state index contributed by atoms with van der Waals surface area (Å²) in [7, 11) is 4.99. The molecule has 0 unspecified atom stereocenters.